The molecule has 0 aromatic heterocycles. The average Bonchev–Trinajstić information content (AvgIpc) is 2.83. The molecular weight excluding hydrogens is 322 g/mol. The number of nitrogens with zero attached hydrogens (tertiary/aromatic N) is 1. The van der Waals surface area contributed by atoms with Crippen molar-refractivity contribution in [3.8, 4) is 5.75 Å². The second kappa shape index (κ2) is 6.76. The molecule has 0 bridgehead atoms. The summed E-state index contributed by atoms with van der Waals surface area (Å²) in [6.07, 6.45) is 0. The van der Waals surface area contributed by atoms with Gasteiger partial charge in [-0.1, -0.05) is 12.1 Å². The third-order valence-corrected chi connectivity index (χ3v) is 3.90. The number of esters is 1. The molecular formula is C19H17NO5. The highest BCUT2D eigenvalue weighted by atomic mass is 16.6. The van der Waals surface area contributed by atoms with Crippen LogP contribution >= 0.6 is 0 Å². The largest absolute Gasteiger partial charge is 0.490 e. The Morgan fingerprint density at radius 1 is 1.00 bits per heavy atom. The molecule has 2 aromatic carbocycles. The van der Waals surface area contributed by atoms with Crippen molar-refractivity contribution in [3.05, 3.63) is 64.7 Å². The van der Waals surface area contributed by atoms with Gasteiger partial charge in [-0.15, -0.1) is 0 Å². The zero-order valence-corrected chi connectivity index (χ0v) is 13.9. The highest BCUT2D eigenvalue weighted by molar-refractivity contribution is 6.21. The highest BCUT2D eigenvalue weighted by Gasteiger charge is 2.33. The van der Waals surface area contributed by atoms with Crippen molar-refractivity contribution in [3.63, 3.8) is 0 Å². The van der Waals surface area contributed by atoms with Crippen LogP contribution in [0.5, 0.6) is 5.75 Å². The van der Waals surface area contributed by atoms with E-state index in [1.807, 2.05) is 31.2 Å². The minimum atomic E-state index is -0.564. The van der Waals surface area contributed by atoms with Gasteiger partial charge in [0.1, 0.15) is 19.0 Å². The zero-order chi connectivity index (χ0) is 18.0. The van der Waals surface area contributed by atoms with Crippen LogP contribution < -0.4 is 4.74 Å². The van der Waals surface area contributed by atoms with E-state index in [0.29, 0.717) is 11.3 Å². The van der Waals surface area contributed by atoms with Gasteiger partial charge in [0.2, 0.25) is 0 Å². The van der Waals surface area contributed by atoms with Crippen LogP contribution in [-0.2, 0) is 4.74 Å². The van der Waals surface area contributed by atoms with E-state index < -0.39 is 11.9 Å². The number of imide groups is 1. The smallest absolute Gasteiger partial charge is 0.338 e. The molecule has 0 atom stereocenters. The molecule has 0 spiro atoms. The van der Waals surface area contributed by atoms with Gasteiger partial charge in [0, 0.05) is 7.05 Å². The number of aryl methyl sites for hydroxylation is 1. The van der Waals surface area contributed by atoms with Gasteiger partial charge < -0.3 is 9.47 Å². The summed E-state index contributed by atoms with van der Waals surface area (Å²) in [7, 11) is 1.41. The van der Waals surface area contributed by atoms with Crippen LogP contribution in [0.2, 0.25) is 0 Å². The van der Waals surface area contributed by atoms with E-state index in [4.69, 9.17) is 9.47 Å². The molecule has 0 unspecified atom stereocenters. The third kappa shape index (κ3) is 3.38. The van der Waals surface area contributed by atoms with Crippen LogP contribution in [0.25, 0.3) is 0 Å². The fraction of sp³-hybridized carbons (Fsp3) is 0.211. The Kier molecular flexibility index (Phi) is 4.52. The number of amides is 2. The van der Waals surface area contributed by atoms with Crippen LogP contribution in [0.15, 0.2) is 42.5 Å². The molecule has 6 nitrogen and oxygen atoms in total. The first-order valence-corrected chi connectivity index (χ1v) is 7.80. The molecule has 0 aliphatic carbocycles. The number of benzene rings is 2. The minimum Gasteiger partial charge on any atom is -0.490 e. The summed E-state index contributed by atoms with van der Waals surface area (Å²) in [6, 6.07) is 11.9. The summed E-state index contributed by atoms with van der Waals surface area (Å²) < 4.78 is 10.7. The predicted octanol–water partition coefficient (Wildman–Crippen LogP) is 2.46. The first-order valence-electron chi connectivity index (χ1n) is 7.80. The lowest BCUT2D eigenvalue weighted by Crippen LogP contribution is -2.24. The fourth-order valence-corrected chi connectivity index (χ4v) is 2.57. The Hall–Kier alpha value is -3.15. The maximum atomic E-state index is 12.1. The zero-order valence-electron chi connectivity index (χ0n) is 13.9. The van der Waals surface area contributed by atoms with Crippen LogP contribution in [0, 0.1) is 6.92 Å². The molecule has 0 fully saturated rings. The van der Waals surface area contributed by atoms with Crippen LogP contribution in [-0.4, -0.2) is 42.9 Å². The number of ether oxygens (including phenoxy) is 2. The van der Waals surface area contributed by atoms with Crippen LogP contribution in [0.4, 0.5) is 0 Å². The summed E-state index contributed by atoms with van der Waals surface area (Å²) in [5, 5.41) is 0. The lowest BCUT2D eigenvalue weighted by atomic mass is 10.1. The van der Waals surface area contributed by atoms with Crippen LogP contribution in [0.3, 0.4) is 0 Å². The number of fused-ring (bicyclic) bond motifs is 1. The van der Waals surface area contributed by atoms with Crippen molar-refractivity contribution in [2.75, 3.05) is 20.3 Å². The summed E-state index contributed by atoms with van der Waals surface area (Å²) in [6.45, 7) is 2.27. The number of hydrogen-bond donors (Lipinski definition) is 0. The Balaban J connectivity index is 1.57. The Bertz CT molecular complexity index is 859. The van der Waals surface area contributed by atoms with Gasteiger partial charge in [0.15, 0.2) is 0 Å². The van der Waals surface area contributed by atoms with Crippen molar-refractivity contribution < 1.29 is 23.9 Å². The number of rotatable bonds is 5. The molecule has 0 N–H and O–H groups in total. The van der Waals surface area contributed by atoms with E-state index in [0.717, 1.165) is 10.5 Å². The normalized spacial score (nSPS) is 13.0. The Morgan fingerprint density at radius 2 is 1.76 bits per heavy atom. The van der Waals surface area contributed by atoms with E-state index >= 15 is 0 Å². The second-order valence-corrected chi connectivity index (χ2v) is 5.73. The SMILES string of the molecule is Cc1cccc(OCCOC(=O)c2ccc3c(c2)C(=O)N(C)C3=O)c1. The third-order valence-electron chi connectivity index (χ3n) is 3.90. The second-order valence-electron chi connectivity index (χ2n) is 5.73. The topological polar surface area (TPSA) is 72.9 Å². The molecule has 25 heavy (non-hydrogen) atoms. The quantitative estimate of drug-likeness (QED) is 0.475. The molecule has 3 rings (SSSR count). The summed E-state index contributed by atoms with van der Waals surface area (Å²) >= 11 is 0. The van der Waals surface area contributed by atoms with Gasteiger partial charge in [-0.3, -0.25) is 14.5 Å². The van der Waals surface area contributed by atoms with Gasteiger partial charge in [0.05, 0.1) is 16.7 Å². The van der Waals surface area contributed by atoms with E-state index in [9.17, 15) is 14.4 Å². The van der Waals surface area contributed by atoms with Crippen molar-refractivity contribution in [2.24, 2.45) is 0 Å². The molecule has 2 aromatic rings. The Morgan fingerprint density at radius 3 is 2.52 bits per heavy atom. The first-order chi connectivity index (χ1) is 12.0. The fourth-order valence-electron chi connectivity index (χ4n) is 2.57. The standard InChI is InChI=1S/C19H17NO5/c1-12-4-3-5-14(10-12)24-8-9-25-19(23)13-6-7-15-16(11-13)18(22)20(2)17(15)21/h3-7,10-11H,8-9H2,1-2H3. The van der Waals surface area contributed by atoms with Gasteiger partial charge >= 0.3 is 5.97 Å². The average molecular weight is 339 g/mol. The molecule has 0 saturated heterocycles. The van der Waals surface area contributed by atoms with E-state index in [-0.39, 0.29) is 30.2 Å². The molecule has 1 aliphatic rings. The lowest BCUT2D eigenvalue weighted by molar-refractivity contribution is 0.0450. The van der Waals surface area contributed by atoms with Crippen molar-refractivity contribution >= 4 is 17.8 Å². The number of carbonyl (C=O) groups is 3. The lowest BCUT2D eigenvalue weighted by Gasteiger charge is -2.08. The minimum absolute atomic E-state index is 0.0800. The predicted molar refractivity (Wildman–Crippen MR) is 89.8 cm³/mol. The Labute approximate surface area is 145 Å². The molecule has 1 heterocycles. The van der Waals surface area contributed by atoms with Crippen molar-refractivity contribution in [1.29, 1.82) is 0 Å². The molecule has 1 aliphatic heterocycles. The monoisotopic (exact) mass is 339 g/mol. The maximum absolute atomic E-state index is 12.1. The first kappa shape index (κ1) is 16.7. The molecule has 0 radical (unpaired) electrons. The van der Waals surface area contributed by atoms with E-state index in [1.165, 1.54) is 25.2 Å². The van der Waals surface area contributed by atoms with Gasteiger partial charge in [-0.2, -0.15) is 0 Å². The molecule has 128 valence electrons. The highest BCUT2D eigenvalue weighted by Crippen LogP contribution is 2.23. The van der Waals surface area contributed by atoms with Gasteiger partial charge in [-0.25, -0.2) is 4.79 Å². The van der Waals surface area contributed by atoms with Crippen molar-refractivity contribution in [1.82, 2.24) is 4.90 Å². The van der Waals surface area contributed by atoms with E-state index in [1.54, 1.807) is 0 Å². The van der Waals surface area contributed by atoms with Crippen molar-refractivity contribution in [2.45, 2.75) is 6.92 Å². The molecule has 0 saturated carbocycles. The summed E-state index contributed by atoms with van der Waals surface area (Å²) in [4.78, 5) is 36.9. The summed E-state index contributed by atoms with van der Waals surface area (Å²) in [5.74, 6) is -0.643. The van der Waals surface area contributed by atoms with Gasteiger partial charge in [0.25, 0.3) is 11.8 Å². The maximum Gasteiger partial charge on any atom is 0.338 e. The summed E-state index contributed by atoms with van der Waals surface area (Å²) in [5.41, 5.74) is 1.83. The van der Waals surface area contributed by atoms with Crippen LogP contribution in [0.1, 0.15) is 36.6 Å². The van der Waals surface area contributed by atoms with E-state index in [2.05, 4.69) is 0 Å². The molecule has 2 amide bonds. The van der Waals surface area contributed by atoms with Gasteiger partial charge in [-0.05, 0) is 42.8 Å². The number of carbonyl (C=O) groups excluding carboxylic acids is 3. The number of hydrogen-bond acceptors (Lipinski definition) is 5. The molecule has 6 heteroatoms.